The Morgan fingerprint density at radius 3 is 2.42 bits per heavy atom. The van der Waals surface area contributed by atoms with Gasteiger partial charge in [-0.25, -0.2) is 0 Å². The average molecular weight is 324 g/mol. The first-order valence-electron chi connectivity index (χ1n) is 6.07. The zero-order chi connectivity index (χ0) is 14.3. The first-order valence-corrected chi connectivity index (χ1v) is 7.20. The van der Waals surface area contributed by atoms with Crippen LogP contribution in [0.5, 0.6) is 0 Å². The van der Waals surface area contributed by atoms with Crippen molar-refractivity contribution in [1.82, 2.24) is 10.6 Å². The van der Waals surface area contributed by atoms with Crippen LogP contribution in [0.4, 0.5) is 0 Å². The van der Waals surface area contributed by atoms with Gasteiger partial charge < -0.3 is 5.32 Å². The van der Waals surface area contributed by atoms with Gasteiger partial charge in [0.15, 0.2) is 0 Å². The van der Waals surface area contributed by atoms with E-state index in [1.165, 1.54) is 5.56 Å². The summed E-state index contributed by atoms with van der Waals surface area (Å²) >= 11 is 17.5. The molecule has 0 fully saturated rings. The summed E-state index contributed by atoms with van der Waals surface area (Å²) in [6.07, 6.45) is 0.436. The molecule has 1 atom stereocenters. The SMILES string of the molecule is CCC(=O)NC(NCCc1ccccc1)C(Cl)(Cl)Cl. The van der Waals surface area contributed by atoms with Gasteiger partial charge in [0.25, 0.3) is 0 Å². The molecule has 0 heterocycles. The number of halogens is 3. The van der Waals surface area contributed by atoms with Crippen LogP contribution in [-0.4, -0.2) is 22.4 Å². The number of carbonyl (C=O) groups is 1. The molecule has 0 radical (unpaired) electrons. The van der Waals surface area contributed by atoms with Crippen LogP contribution in [0.2, 0.25) is 0 Å². The Balaban J connectivity index is 2.47. The van der Waals surface area contributed by atoms with Gasteiger partial charge in [0.05, 0.1) is 0 Å². The minimum Gasteiger partial charge on any atom is -0.337 e. The van der Waals surface area contributed by atoms with Gasteiger partial charge in [-0.1, -0.05) is 72.1 Å². The first-order chi connectivity index (χ1) is 8.93. The molecule has 3 nitrogen and oxygen atoms in total. The van der Waals surface area contributed by atoms with E-state index in [1.54, 1.807) is 6.92 Å². The van der Waals surface area contributed by atoms with Crippen LogP contribution in [0, 0.1) is 0 Å². The number of alkyl halides is 3. The fourth-order valence-corrected chi connectivity index (χ4v) is 1.91. The lowest BCUT2D eigenvalue weighted by Gasteiger charge is -2.26. The normalized spacial score (nSPS) is 13.1. The van der Waals surface area contributed by atoms with Gasteiger partial charge in [0.2, 0.25) is 9.70 Å². The van der Waals surface area contributed by atoms with Gasteiger partial charge in [-0.05, 0) is 12.0 Å². The quantitative estimate of drug-likeness (QED) is 0.624. The Kier molecular flexibility index (Phi) is 6.94. The Morgan fingerprint density at radius 1 is 1.26 bits per heavy atom. The van der Waals surface area contributed by atoms with Gasteiger partial charge in [0, 0.05) is 13.0 Å². The maximum atomic E-state index is 11.4. The molecule has 2 N–H and O–H groups in total. The van der Waals surface area contributed by atoms with E-state index in [1.807, 2.05) is 30.3 Å². The van der Waals surface area contributed by atoms with E-state index < -0.39 is 9.96 Å². The third-order valence-electron chi connectivity index (χ3n) is 2.56. The zero-order valence-electron chi connectivity index (χ0n) is 10.6. The minimum absolute atomic E-state index is 0.163. The fraction of sp³-hybridized carbons (Fsp3) is 0.462. The number of amides is 1. The molecule has 0 saturated heterocycles. The summed E-state index contributed by atoms with van der Waals surface area (Å²) in [7, 11) is 0. The highest BCUT2D eigenvalue weighted by molar-refractivity contribution is 6.68. The lowest BCUT2D eigenvalue weighted by molar-refractivity contribution is -0.121. The van der Waals surface area contributed by atoms with E-state index in [0.29, 0.717) is 13.0 Å². The van der Waals surface area contributed by atoms with Crippen molar-refractivity contribution in [2.75, 3.05) is 6.54 Å². The molecule has 0 aromatic heterocycles. The third-order valence-corrected chi connectivity index (χ3v) is 3.21. The van der Waals surface area contributed by atoms with Gasteiger partial charge in [0.1, 0.15) is 6.17 Å². The standard InChI is InChI=1S/C13H17Cl3N2O/c1-2-11(19)18-12(13(14,15)16)17-9-8-10-6-4-3-5-7-10/h3-7,12,17H,2,8-9H2,1H3,(H,18,19). The summed E-state index contributed by atoms with van der Waals surface area (Å²) in [5.41, 5.74) is 1.18. The van der Waals surface area contributed by atoms with Crippen LogP contribution in [-0.2, 0) is 11.2 Å². The van der Waals surface area contributed by atoms with Crippen molar-refractivity contribution in [3.8, 4) is 0 Å². The highest BCUT2D eigenvalue weighted by Gasteiger charge is 2.33. The largest absolute Gasteiger partial charge is 0.337 e. The van der Waals surface area contributed by atoms with E-state index in [4.69, 9.17) is 34.8 Å². The lowest BCUT2D eigenvalue weighted by Crippen LogP contribution is -2.53. The summed E-state index contributed by atoms with van der Waals surface area (Å²) in [5, 5.41) is 5.69. The number of rotatable bonds is 6. The van der Waals surface area contributed by atoms with E-state index >= 15 is 0 Å². The molecular formula is C13H17Cl3N2O. The second kappa shape index (κ2) is 7.95. The number of hydrogen-bond acceptors (Lipinski definition) is 2. The molecule has 0 aliphatic heterocycles. The summed E-state index contributed by atoms with van der Waals surface area (Å²) < 4.78 is -1.58. The van der Waals surface area contributed by atoms with Gasteiger partial charge in [-0.2, -0.15) is 0 Å². The molecular weight excluding hydrogens is 307 g/mol. The number of hydrogen-bond donors (Lipinski definition) is 2. The predicted molar refractivity (Wildman–Crippen MR) is 80.7 cm³/mol. The number of benzene rings is 1. The molecule has 0 saturated carbocycles. The van der Waals surface area contributed by atoms with Crippen molar-refractivity contribution in [1.29, 1.82) is 0 Å². The van der Waals surface area contributed by atoms with E-state index in [-0.39, 0.29) is 5.91 Å². The highest BCUT2D eigenvalue weighted by atomic mass is 35.6. The minimum atomic E-state index is -1.58. The van der Waals surface area contributed by atoms with Crippen LogP contribution < -0.4 is 10.6 Å². The maximum Gasteiger partial charge on any atom is 0.223 e. The molecule has 19 heavy (non-hydrogen) atoms. The summed E-state index contributed by atoms with van der Waals surface area (Å²) in [4.78, 5) is 11.4. The second-order valence-corrected chi connectivity index (χ2v) is 6.45. The lowest BCUT2D eigenvalue weighted by atomic mass is 10.1. The van der Waals surface area contributed by atoms with Gasteiger partial charge >= 0.3 is 0 Å². The van der Waals surface area contributed by atoms with Crippen LogP contribution in [0.25, 0.3) is 0 Å². The van der Waals surface area contributed by atoms with Gasteiger partial charge in [-0.15, -0.1) is 0 Å². The van der Waals surface area contributed by atoms with E-state index in [2.05, 4.69) is 10.6 Å². The fourth-order valence-electron chi connectivity index (χ4n) is 1.52. The molecule has 1 aromatic carbocycles. The second-order valence-electron chi connectivity index (χ2n) is 4.09. The van der Waals surface area contributed by atoms with Crippen LogP contribution in [0.15, 0.2) is 30.3 Å². The maximum absolute atomic E-state index is 11.4. The van der Waals surface area contributed by atoms with Crippen molar-refractivity contribution in [3.05, 3.63) is 35.9 Å². The van der Waals surface area contributed by atoms with Crippen LogP contribution in [0.3, 0.4) is 0 Å². The number of nitrogens with one attached hydrogen (secondary N) is 2. The molecule has 1 unspecified atom stereocenters. The van der Waals surface area contributed by atoms with E-state index in [0.717, 1.165) is 6.42 Å². The number of carbonyl (C=O) groups excluding carboxylic acids is 1. The summed E-state index contributed by atoms with van der Waals surface area (Å²) in [6.45, 7) is 2.35. The van der Waals surface area contributed by atoms with Crippen molar-refractivity contribution in [2.24, 2.45) is 0 Å². The predicted octanol–water partition coefficient (Wildman–Crippen LogP) is 3.04. The molecule has 1 aromatic rings. The van der Waals surface area contributed by atoms with Crippen LogP contribution >= 0.6 is 34.8 Å². The van der Waals surface area contributed by atoms with Crippen molar-refractivity contribution >= 4 is 40.7 Å². The molecule has 0 spiro atoms. The first kappa shape index (κ1) is 16.6. The summed E-state index contributed by atoms with van der Waals surface area (Å²) in [6, 6.07) is 9.96. The molecule has 1 rings (SSSR count). The Bertz CT molecular complexity index is 393. The Hall–Kier alpha value is -0.480. The third kappa shape index (κ3) is 6.48. The Labute approximate surface area is 128 Å². The molecule has 0 aliphatic carbocycles. The summed E-state index contributed by atoms with van der Waals surface area (Å²) in [5.74, 6) is -0.163. The molecule has 0 bridgehead atoms. The molecule has 0 aliphatic rings. The highest BCUT2D eigenvalue weighted by Crippen LogP contribution is 2.29. The molecule has 1 amide bonds. The van der Waals surface area contributed by atoms with E-state index in [9.17, 15) is 4.79 Å². The van der Waals surface area contributed by atoms with Crippen molar-refractivity contribution in [3.63, 3.8) is 0 Å². The topological polar surface area (TPSA) is 41.1 Å². The van der Waals surface area contributed by atoms with Gasteiger partial charge in [-0.3, -0.25) is 10.1 Å². The molecule has 106 valence electrons. The monoisotopic (exact) mass is 322 g/mol. The molecule has 6 heteroatoms. The van der Waals surface area contributed by atoms with Crippen LogP contribution in [0.1, 0.15) is 18.9 Å². The zero-order valence-corrected chi connectivity index (χ0v) is 12.9. The average Bonchev–Trinajstić information content (AvgIpc) is 2.37. The van der Waals surface area contributed by atoms with Crippen molar-refractivity contribution < 1.29 is 4.79 Å². The Morgan fingerprint density at radius 2 is 1.89 bits per heavy atom. The smallest absolute Gasteiger partial charge is 0.223 e. The van der Waals surface area contributed by atoms with Crippen molar-refractivity contribution in [2.45, 2.75) is 29.7 Å².